The van der Waals surface area contributed by atoms with Crippen molar-refractivity contribution in [2.45, 2.75) is 45.4 Å². The Morgan fingerprint density at radius 1 is 0.939 bits per heavy atom. The molecule has 4 rings (SSSR count). The monoisotopic (exact) mass is 451 g/mol. The van der Waals surface area contributed by atoms with Gasteiger partial charge in [0.2, 0.25) is 0 Å². The van der Waals surface area contributed by atoms with Crippen molar-refractivity contribution in [3.05, 3.63) is 99.9 Å². The first-order chi connectivity index (χ1) is 16.2. The maximum Gasteiger partial charge on any atom is 0.139 e. The fourth-order valence-electron chi connectivity index (χ4n) is 4.13. The van der Waals surface area contributed by atoms with Crippen molar-refractivity contribution >= 4 is 34.7 Å². The Kier molecular flexibility index (Phi) is 7.63. The molecule has 0 spiro atoms. The van der Waals surface area contributed by atoms with Gasteiger partial charge in [-0.2, -0.15) is 4.99 Å². The van der Waals surface area contributed by atoms with Crippen LogP contribution < -0.4 is 0 Å². The zero-order valence-corrected chi connectivity index (χ0v) is 19.6. The summed E-state index contributed by atoms with van der Waals surface area (Å²) in [6.45, 7) is 2.17. The van der Waals surface area contributed by atoms with E-state index < -0.39 is 0 Å². The highest BCUT2D eigenvalue weighted by atomic mass is 32.1. The molecule has 0 saturated heterocycles. The van der Waals surface area contributed by atoms with Crippen LogP contribution in [0.3, 0.4) is 0 Å². The first-order valence-electron chi connectivity index (χ1n) is 11.5. The number of hydrogen-bond donors (Lipinski definition) is 0. The van der Waals surface area contributed by atoms with E-state index in [1.165, 1.54) is 35.1 Å². The number of benzene rings is 3. The molecule has 3 aromatic rings. The Hall–Kier alpha value is -3.31. The Bertz CT molecular complexity index is 1290. The van der Waals surface area contributed by atoms with Crippen molar-refractivity contribution in [3.8, 4) is 11.8 Å². The molecule has 33 heavy (non-hydrogen) atoms. The fraction of sp³-hybridized carbons (Fsp3) is 0.233. The van der Waals surface area contributed by atoms with Crippen LogP contribution in [-0.4, -0.2) is 5.16 Å². The number of fused-ring (bicyclic) bond motifs is 1. The van der Waals surface area contributed by atoms with Crippen LogP contribution >= 0.6 is 12.2 Å². The van der Waals surface area contributed by atoms with Crippen LogP contribution in [0.2, 0.25) is 0 Å². The minimum atomic E-state index is -0.232. The average molecular weight is 452 g/mol. The Morgan fingerprint density at radius 2 is 1.79 bits per heavy atom. The highest BCUT2D eigenvalue weighted by Gasteiger charge is 2.12. The van der Waals surface area contributed by atoms with E-state index in [-0.39, 0.29) is 5.82 Å². The number of rotatable bonds is 6. The van der Waals surface area contributed by atoms with Crippen LogP contribution in [0, 0.1) is 17.7 Å². The van der Waals surface area contributed by atoms with Crippen LogP contribution in [0.4, 0.5) is 10.1 Å². The number of allylic oxidation sites excluding steroid dienone is 1. The van der Waals surface area contributed by atoms with E-state index in [0.717, 1.165) is 42.5 Å². The second-order valence-corrected chi connectivity index (χ2v) is 8.54. The van der Waals surface area contributed by atoms with E-state index in [0.29, 0.717) is 5.56 Å². The van der Waals surface area contributed by atoms with Crippen LogP contribution in [-0.2, 0) is 12.8 Å². The van der Waals surface area contributed by atoms with Gasteiger partial charge < -0.3 is 0 Å². The molecule has 1 aliphatic carbocycles. The molecule has 0 atom stereocenters. The molecule has 0 aliphatic heterocycles. The van der Waals surface area contributed by atoms with Crippen molar-refractivity contribution in [3.63, 3.8) is 0 Å². The number of hydrogen-bond acceptors (Lipinski definition) is 2. The third kappa shape index (κ3) is 5.93. The van der Waals surface area contributed by atoms with Crippen LogP contribution in [0.25, 0.3) is 11.6 Å². The summed E-state index contributed by atoms with van der Waals surface area (Å²) in [4.78, 5) is 4.01. The van der Waals surface area contributed by atoms with Gasteiger partial charge in [0, 0.05) is 5.56 Å². The van der Waals surface area contributed by atoms with Crippen LogP contribution in [0.5, 0.6) is 0 Å². The number of aryl methyl sites for hydroxylation is 2. The highest BCUT2D eigenvalue weighted by Crippen LogP contribution is 2.31. The van der Waals surface area contributed by atoms with Gasteiger partial charge in [-0.1, -0.05) is 61.9 Å². The molecule has 164 valence electrons. The lowest BCUT2D eigenvalue weighted by Crippen LogP contribution is -1.99. The van der Waals surface area contributed by atoms with E-state index >= 15 is 0 Å². The molecule has 0 saturated carbocycles. The minimum absolute atomic E-state index is 0.232. The van der Waals surface area contributed by atoms with E-state index in [4.69, 9.17) is 0 Å². The van der Waals surface area contributed by atoms with Gasteiger partial charge in [0.15, 0.2) is 0 Å². The van der Waals surface area contributed by atoms with E-state index in [9.17, 15) is 4.39 Å². The Balaban J connectivity index is 1.49. The van der Waals surface area contributed by atoms with E-state index in [2.05, 4.69) is 71.5 Å². The Labute approximate surface area is 201 Å². The lowest BCUT2D eigenvalue weighted by Gasteiger charge is -2.17. The van der Waals surface area contributed by atoms with Crippen molar-refractivity contribution in [2.24, 2.45) is 4.99 Å². The highest BCUT2D eigenvalue weighted by molar-refractivity contribution is 7.78. The maximum absolute atomic E-state index is 14.5. The van der Waals surface area contributed by atoms with E-state index in [1.807, 2.05) is 24.3 Å². The van der Waals surface area contributed by atoms with Crippen molar-refractivity contribution in [1.82, 2.24) is 0 Å². The number of unbranched alkanes of at least 4 members (excludes halogenated alkanes) is 2. The number of thiocarbonyl (C=S) groups is 1. The second kappa shape index (κ2) is 11.0. The summed E-state index contributed by atoms with van der Waals surface area (Å²) in [5, 5.41) is 2.40. The zero-order chi connectivity index (χ0) is 23.0. The lowest BCUT2D eigenvalue weighted by atomic mass is 9.88. The molecule has 3 heteroatoms. The molecule has 0 radical (unpaired) electrons. The number of halogens is 1. The molecule has 1 nitrogen and oxygen atoms in total. The predicted octanol–water partition coefficient (Wildman–Crippen LogP) is 8.18. The predicted molar refractivity (Wildman–Crippen MR) is 139 cm³/mol. The summed E-state index contributed by atoms with van der Waals surface area (Å²) in [5.41, 5.74) is 8.22. The van der Waals surface area contributed by atoms with Gasteiger partial charge in [0.1, 0.15) is 5.82 Å². The number of isothiocyanates is 1. The summed E-state index contributed by atoms with van der Waals surface area (Å²) in [5.74, 6) is 5.94. The third-order valence-electron chi connectivity index (χ3n) is 5.99. The minimum Gasteiger partial charge on any atom is -0.206 e. The molecule has 3 aromatic carbocycles. The Morgan fingerprint density at radius 3 is 2.55 bits per heavy atom. The van der Waals surface area contributed by atoms with Gasteiger partial charge in [-0.05, 0) is 102 Å². The SMILES string of the molecule is CCCCCc1ccc(C#Cc2ccc3c(c2)CCC(c2ccc(N=C=S)cc2)=C3)c(F)c1. The molecule has 0 amide bonds. The molecular weight excluding hydrogens is 425 g/mol. The number of aliphatic imine (C=N–C) groups is 1. The molecule has 0 fully saturated rings. The molecule has 1 aliphatic rings. The third-order valence-corrected chi connectivity index (χ3v) is 6.08. The second-order valence-electron chi connectivity index (χ2n) is 8.35. The first-order valence-corrected chi connectivity index (χ1v) is 11.9. The lowest BCUT2D eigenvalue weighted by molar-refractivity contribution is 0.619. The molecule has 0 bridgehead atoms. The van der Waals surface area contributed by atoms with Gasteiger partial charge in [-0.25, -0.2) is 4.39 Å². The van der Waals surface area contributed by atoms with Crippen LogP contribution in [0.15, 0.2) is 65.7 Å². The first kappa shape index (κ1) is 22.9. The molecule has 0 N–H and O–H groups in total. The van der Waals surface area contributed by atoms with Crippen molar-refractivity contribution < 1.29 is 4.39 Å². The summed E-state index contributed by atoms with van der Waals surface area (Å²) < 4.78 is 14.5. The summed E-state index contributed by atoms with van der Waals surface area (Å²) in [6.07, 6.45) is 8.52. The standard InChI is InChI=1S/C30H26FNS/c1-2-3-4-5-22-6-9-25(30(31)19-22)10-7-23-8-11-28-20-27(13-12-26(28)18-23)24-14-16-29(17-15-24)32-21-33/h6,8-9,11,14-20H,2-5,12-13H2,1H3. The summed E-state index contributed by atoms with van der Waals surface area (Å²) in [6, 6.07) is 19.8. The van der Waals surface area contributed by atoms with Crippen molar-refractivity contribution in [1.29, 1.82) is 0 Å². The maximum atomic E-state index is 14.5. The average Bonchev–Trinajstić information content (AvgIpc) is 2.84. The van der Waals surface area contributed by atoms with E-state index in [1.54, 1.807) is 12.1 Å². The van der Waals surface area contributed by atoms with Crippen LogP contribution in [0.1, 0.15) is 66.0 Å². The summed E-state index contributed by atoms with van der Waals surface area (Å²) in [7, 11) is 0. The topological polar surface area (TPSA) is 12.4 Å². The van der Waals surface area contributed by atoms with Crippen molar-refractivity contribution in [2.75, 3.05) is 0 Å². The molecule has 0 heterocycles. The van der Waals surface area contributed by atoms with Gasteiger partial charge in [-0.15, -0.1) is 0 Å². The quantitative estimate of drug-likeness (QED) is 0.159. The smallest absolute Gasteiger partial charge is 0.139 e. The molecule has 0 unspecified atom stereocenters. The van der Waals surface area contributed by atoms with Gasteiger partial charge in [-0.3, -0.25) is 0 Å². The largest absolute Gasteiger partial charge is 0.206 e. The summed E-state index contributed by atoms with van der Waals surface area (Å²) >= 11 is 4.67. The molecular formula is C30H26FNS. The molecule has 0 aromatic heterocycles. The normalized spacial score (nSPS) is 12.1. The van der Waals surface area contributed by atoms with Gasteiger partial charge >= 0.3 is 0 Å². The zero-order valence-electron chi connectivity index (χ0n) is 18.8. The fourth-order valence-corrected chi connectivity index (χ4v) is 4.24. The van der Waals surface area contributed by atoms with Gasteiger partial charge in [0.05, 0.1) is 16.4 Å². The van der Waals surface area contributed by atoms with Gasteiger partial charge in [0.25, 0.3) is 0 Å². The number of nitrogens with zero attached hydrogens (tertiary/aromatic N) is 1.